The summed E-state index contributed by atoms with van der Waals surface area (Å²) in [5.74, 6) is -1.06. The Morgan fingerprint density at radius 2 is 2.00 bits per heavy atom. The van der Waals surface area contributed by atoms with E-state index in [4.69, 9.17) is 4.74 Å². The summed E-state index contributed by atoms with van der Waals surface area (Å²) in [7, 11) is 1.43. The van der Waals surface area contributed by atoms with Gasteiger partial charge in [-0.2, -0.15) is 0 Å². The highest BCUT2D eigenvalue weighted by Crippen LogP contribution is 2.11. The molecule has 1 heterocycles. The van der Waals surface area contributed by atoms with Crippen molar-refractivity contribution in [3.05, 3.63) is 46.1 Å². The fraction of sp³-hybridized carbons (Fsp3) is 0.231. The minimum Gasteiger partial charge on any atom is -0.462 e. The van der Waals surface area contributed by atoms with Crippen molar-refractivity contribution in [2.45, 2.75) is 6.92 Å². The first-order valence-electron chi connectivity index (χ1n) is 6.23. The van der Waals surface area contributed by atoms with E-state index >= 15 is 0 Å². The van der Waals surface area contributed by atoms with Crippen LogP contribution in [0.5, 0.6) is 0 Å². The molecule has 110 valence electrons. The van der Waals surface area contributed by atoms with Crippen LogP contribution < -0.4 is 11.0 Å². The van der Waals surface area contributed by atoms with Gasteiger partial charge in [-0.3, -0.25) is 9.78 Å². The summed E-state index contributed by atoms with van der Waals surface area (Å²) in [6.07, 6.45) is 0. The number of benzene rings is 1. The predicted octanol–water partition coefficient (Wildman–Crippen LogP) is 0.537. The van der Waals surface area contributed by atoms with Gasteiger partial charge < -0.3 is 10.1 Å². The number of hydrogen-bond donors (Lipinski definition) is 2. The van der Waals surface area contributed by atoms with E-state index in [1.807, 2.05) is 0 Å². The zero-order valence-electron chi connectivity index (χ0n) is 11.5. The van der Waals surface area contributed by atoms with E-state index in [0.29, 0.717) is 17.9 Å². The average molecular weight is 290 g/mol. The third-order valence-corrected chi connectivity index (χ3v) is 2.64. The molecule has 1 amide bonds. The van der Waals surface area contributed by atoms with E-state index in [-0.39, 0.29) is 5.82 Å². The van der Waals surface area contributed by atoms with Gasteiger partial charge in [-0.05, 0) is 31.2 Å². The lowest BCUT2D eigenvalue weighted by atomic mass is 10.2. The Bertz CT molecular complexity index is 715. The van der Waals surface area contributed by atoms with Crippen molar-refractivity contribution in [3.8, 4) is 0 Å². The fourth-order valence-electron chi connectivity index (χ4n) is 1.60. The Morgan fingerprint density at radius 1 is 1.33 bits per heavy atom. The maximum atomic E-state index is 11.9. The first kappa shape index (κ1) is 14.5. The number of H-pyrrole nitrogens is 1. The van der Waals surface area contributed by atoms with E-state index < -0.39 is 17.6 Å². The highest BCUT2D eigenvalue weighted by Gasteiger charge is 2.12. The molecule has 1 aromatic carbocycles. The van der Waals surface area contributed by atoms with E-state index in [0.717, 1.165) is 4.68 Å². The molecule has 2 rings (SSSR count). The first-order valence-corrected chi connectivity index (χ1v) is 6.23. The smallest absolute Gasteiger partial charge is 0.343 e. The normalized spacial score (nSPS) is 10.2. The number of aromatic amines is 1. The van der Waals surface area contributed by atoms with E-state index in [1.54, 1.807) is 19.1 Å². The van der Waals surface area contributed by atoms with Crippen LogP contribution in [0.25, 0.3) is 0 Å². The molecule has 0 aliphatic rings. The van der Waals surface area contributed by atoms with Crippen molar-refractivity contribution in [2.24, 2.45) is 7.05 Å². The molecule has 0 fully saturated rings. The largest absolute Gasteiger partial charge is 0.462 e. The van der Waals surface area contributed by atoms with Crippen molar-refractivity contribution in [2.75, 3.05) is 11.9 Å². The van der Waals surface area contributed by atoms with Gasteiger partial charge in [0.25, 0.3) is 5.91 Å². The molecule has 0 radical (unpaired) electrons. The van der Waals surface area contributed by atoms with Gasteiger partial charge in [-0.25, -0.2) is 14.3 Å². The van der Waals surface area contributed by atoms with Gasteiger partial charge in [0.15, 0.2) is 0 Å². The Kier molecular flexibility index (Phi) is 4.17. The van der Waals surface area contributed by atoms with E-state index in [1.165, 1.54) is 19.2 Å². The van der Waals surface area contributed by atoms with Crippen molar-refractivity contribution < 1.29 is 14.3 Å². The lowest BCUT2D eigenvalue weighted by molar-refractivity contribution is 0.0526. The molecule has 0 aliphatic carbocycles. The van der Waals surface area contributed by atoms with Crippen molar-refractivity contribution in [1.82, 2.24) is 14.8 Å². The maximum Gasteiger partial charge on any atom is 0.343 e. The molecule has 0 unspecified atom stereocenters. The highest BCUT2D eigenvalue weighted by atomic mass is 16.5. The summed E-state index contributed by atoms with van der Waals surface area (Å²) in [4.78, 5) is 36.8. The molecule has 0 aliphatic heterocycles. The lowest BCUT2D eigenvalue weighted by Crippen LogP contribution is -2.15. The third-order valence-electron chi connectivity index (χ3n) is 2.64. The predicted molar refractivity (Wildman–Crippen MR) is 74.2 cm³/mol. The number of carbonyl (C=O) groups excluding carboxylic acids is 2. The summed E-state index contributed by atoms with van der Waals surface area (Å²) in [6, 6.07) is 6.19. The first-order chi connectivity index (χ1) is 10.0. The molecule has 8 heteroatoms. The van der Waals surface area contributed by atoms with Gasteiger partial charge in [-0.1, -0.05) is 0 Å². The Morgan fingerprint density at radius 3 is 2.52 bits per heavy atom. The van der Waals surface area contributed by atoms with Gasteiger partial charge in [0.1, 0.15) is 0 Å². The molecule has 8 nitrogen and oxygen atoms in total. The molecule has 2 aromatic rings. The van der Waals surface area contributed by atoms with E-state index in [2.05, 4.69) is 15.4 Å². The van der Waals surface area contributed by atoms with Crippen molar-refractivity contribution >= 4 is 17.6 Å². The monoisotopic (exact) mass is 290 g/mol. The second-order valence-corrected chi connectivity index (χ2v) is 4.15. The van der Waals surface area contributed by atoms with Crippen LogP contribution >= 0.6 is 0 Å². The molecular weight excluding hydrogens is 276 g/mol. The van der Waals surface area contributed by atoms with Crippen LogP contribution in [0.1, 0.15) is 27.9 Å². The summed E-state index contributed by atoms with van der Waals surface area (Å²) in [5, 5.41) is 6.30. The van der Waals surface area contributed by atoms with Crippen LogP contribution in [0.15, 0.2) is 29.1 Å². The van der Waals surface area contributed by atoms with Gasteiger partial charge in [0.05, 0.1) is 12.2 Å². The lowest BCUT2D eigenvalue weighted by Gasteiger charge is -2.05. The zero-order valence-corrected chi connectivity index (χ0v) is 11.5. The van der Waals surface area contributed by atoms with Gasteiger partial charge in [0, 0.05) is 12.7 Å². The van der Waals surface area contributed by atoms with Gasteiger partial charge in [-0.15, -0.1) is 5.10 Å². The molecule has 0 bridgehead atoms. The number of amides is 1. The van der Waals surface area contributed by atoms with Crippen LogP contribution in [-0.2, 0) is 11.8 Å². The Balaban J connectivity index is 2.08. The van der Waals surface area contributed by atoms with E-state index in [9.17, 15) is 14.4 Å². The number of hydrogen-bond acceptors (Lipinski definition) is 5. The van der Waals surface area contributed by atoms with Crippen molar-refractivity contribution in [1.29, 1.82) is 0 Å². The topological polar surface area (TPSA) is 106 Å². The van der Waals surface area contributed by atoms with Crippen LogP contribution in [0, 0.1) is 0 Å². The van der Waals surface area contributed by atoms with Crippen LogP contribution in [0.4, 0.5) is 5.69 Å². The average Bonchev–Trinajstić information content (AvgIpc) is 2.80. The number of nitrogens with zero attached hydrogens (tertiary/aromatic N) is 2. The molecule has 21 heavy (non-hydrogen) atoms. The van der Waals surface area contributed by atoms with Crippen molar-refractivity contribution in [3.63, 3.8) is 0 Å². The fourth-order valence-corrected chi connectivity index (χ4v) is 1.60. The highest BCUT2D eigenvalue weighted by molar-refractivity contribution is 6.01. The third kappa shape index (κ3) is 3.35. The quantitative estimate of drug-likeness (QED) is 0.799. The summed E-state index contributed by atoms with van der Waals surface area (Å²) < 4.78 is 5.88. The number of nitrogens with one attached hydrogen (secondary N) is 2. The minimum absolute atomic E-state index is 0.0861. The summed E-state index contributed by atoms with van der Waals surface area (Å²) >= 11 is 0. The molecular formula is C13H14N4O4. The molecule has 0 atom stereocenters. The number of esters is 1. The van der Waals surface area contributed by atoms with Crippen LogP contribution in [0.3, 0.4) is 0 Å². The molecule has 2 N–H and O–H groups in total. The zero-order chi connectivity index (χ0) is 15.4. The Labute approximate surface area is 119 Å². The maximum absolute atomic E-state index is 11.9. The van der Waals surface area contributed by atoms with Gasteiger partial charge >= 0.3 is 11.7 Å². The standard InChI is InChI=1S/C13H14N4O4/c1-3-21-12(19)8-4-6-9(7-5-8)14-11(18)10-15-13(20)17(2)16-10/h4-7H,3H2,1-2H3,(H,14,18)(H,15,16,20). The second-order valence-electron chi connectivity index (χ2n) is 4.15. The molecule has 1 aromatic heterocycles. The number of rotatable bonds is 4. The minimum atomic E-state index is -0.545. The summed E-state index contributed by atoms with van der Waals surface area (Å²) in [5.41, 5.74) is 0.387. The number of carbonyl (C=O) groups is 2. The number of ether oxygens (including phenoxy) is 1. The number of aromatic nitrogens is 3. The Hall–Kier alpha value is -2.90. The molecule has 0 spiro atoms. The van der Waals surface area contributed by atoms with Crippen LogP contribution in [0.2, 0.25) is 0 Å². The molecule has 0 saturated heterocycles. The second kappa shape index (κ2) is 6.04. The number of aryl methyl sites for hydroxylation is 1. The summed E-state index contributed by atoms with van der Waals surface area (Å²) in [6.45, 7) is 2.02. The number of anilines is 1. The molecule has 0 saturated carbocycles. The SMILES string of the molecule is CCOC(=O)c1ccc(NC(=O)c2nn(C)c(=O)[nH]2)cc1. The van der Waals surface area contributed by atoms with Gasteiger partial charge in [0.2, 0.25) is 5.82 Å². The van der Waals surface area contributed by atoms with Crippen LogP contribution in [-0.4, -0.2) is 33.2 Å².